The molecule has 9 nitrogen and oxygen atoms in total. The molecule has 10 heteroatoms. The Morgan fingerprint density at radius 1 is 0.909 bits per heavy atom. The number of nitrogens with two attached hydrogens (primary N) is 1. The molecule has 0 saturated heterocycles. The van der Waals surface area contributed by atoms with Gasteiger partial charge in [-0.2, -0.15) is 0 Å². The molecule has 1 atom stereocenters. The quantitative estimate of drug-likeness (QED) is 0.260. The van der Waals surface area contributed by atoms with Gasteiger partial charge in [-0.25, -0.2) is 0 Å². The van der Waals surface area contributed by atoms with Crippen LogP contribution in [0, 0.1) is 10.1 Å². The van der Waals surface area contributed by atoms with E-state index in [0.29, 0.717) is 16.9 Å². The number of nitrogens with zero attached hydrogens (tertiary/aromatic N) is 1. The number of carbonyl (C=O) groups is 3. The second-order valence-electron chi connectivity index (χ2n) is 6.98. The summed E-state index contributed by atoms with van der Waals surface area (Å²) in [6.07, 6.45) is 0. The lowest BCUT2D eigenvalue weighted by molar-refractivity contribution is -0.384. The van der Waals surface area contributed by atoms with Crippen molar-refractivity contribution < 1.29 is 19.3 Å². The van der Waals surface area contributed by atoms with Crippen molar-refractivity contribution in [1.82, 2.24) is 0 Å². The zero-order valence-electron chi connectivity index (χ0n) is 17.5. The molecule has 3 aromatic carbocycles. The van der Waals surface area contributed by atoms with Gasteiger partial charge in [-0.1, -0.05) is 6.07 Å². The summed E-state index contributed by atoms with van der Waals surface area (Å²) in [4.78, 5) is 47.1. The summed E-state index contributed by atoms with van der Waals surface area (Å²) in [6, 6.07) is 18.6. The highest BCUT2D eigenvalue weighted by atomic mass is 32.2. The molecule has 168 valence electrons. The predicted molar refractivity (Wildman–Crippen MR) is 126 cm³/mol. The van der Waals surface area contributed by atoms with E-state index in [4.69, 9.17) is 5.73 Å². The Kier molecular flexibility index (Phi) is 7.42. The Labute approximate surface area is 193 Å². The molecule has 0 saturated carbocycles. The average molecular weight is 465 g/mol. The second kappa shape index (κ2) is 10.4. The molecule has 0 spiro atoms. The van der Waals surface area contributed by atoms with Gasteiger partial charge >= 0.3 is 0 Å². The third-order valence-corrected chi connectivity index (χ3v) is 5.64. The number of amides is 3. The summed E-state index contributed by atoms with van der Waals surface area (Å²) in [5.74, 6) is -1.18. The van der Waals surface area contributed by atoms with Crippen LogP contribution >= 0.6 is 11.8 Å². The van der Waals surface area contributed by atoms with Gasteiger partial charge in [0.2, 0.25) is 11.8 Å². The van der Waals surface area contributed by atoms with Gasteiger partial charge in [0.25, 0.3) is 11.6 Å². The first-order valence-corrected chi connectivity index (χ1v) is 10.6. The summed E-state index contributed by atoms with van der Waals surface area (Å²) in [7, 11) is 0. The molecule has 33 heavy (non-hydrogen) atoms. The van der Waals surface area contributed by atoms with Gasteiger partial charge < -0.3 is 16.4 Å². The van der Waals surface area contributed by atoms with Gasteiger partial charge in [0, 0.05) is 39.5 Å². The number of nitro groups is 1. The number of nitro benzene ring substituents is 1. The first-order chi connectivity index (χ1) is 15.7. The van der Waals surface area contributed by atoms with E-state index in [-0.39, 0.29) is 17.2 Å². The van der Waals surface area contributed by atoms with Crippen molar-refractivity contribution in [3.63, 3.8) is 0 Å². The fraction of sp³-hybridized carbons (Fsp3) is 0.0870. The molecule has 3 aromatic rings. The maximum Gasteiger partial charge on any atom is 0.269 e. The van der Waals surface area contributed by atoms with Crippen LogP contribution in [0.4, 0.5) is 17.1 Å². The van der Waals surface area contributed by atoms with Crippen LogP contribution < -0.4 is 16.4 Å². The Morgan fingerprint density at radius 2 is 1.55 bits per heavy atom. The SMILES string of the molecule is CC(Sc1cccc(NC(=O)c2ccc([N+](=O)[O-])cc2)c1)C(=O)Nc1ccc(C(N)=O)cc1. The van der Waals surface area contributed by atoms with Gasteiger partial charge in [-0.3, -0.25) is 24.5 Å². The number of primary amides is 1. The zero-order valence-corrected chi connectivity index (χ0v) is 18.3. The van der Waals surface area contributed by atoms with E-state index in [9.17, 15) is 24.5 Å². The number of thioether (sulfide) groups is 1. The summed E-state index contributed by atoms with van der Waals surface area (Å²) in [5.41, 5.74) is 6.82. The summed E-state index contributed by atoms with van der Waals surface area (Å²) in [5, 5.41) is 15.8. The smallest absolute Gasteiger partial charge is 0.269 e. The number of nitrogens with one attached hydrogen (secondary N) is 2. The Hall–Kier alpha value is -4.18. The zero-order chi connectivity index (χ0) is 24.0. The second-order valence-corrected chi connectivity index (χ2v) is 8.39. The fourth-order valence-electron chi connectivity index (χ4n) is 2.80. The summed E-state index contributed by atoms with van der Waals surface area (Å²) in [6.45, 7) is 1.75. The molecular formula is C23H20N4O5S. The molecular weight excluding hydrogens is 444 g/mol. The minimum atomic E-state index is -0.544. The first kappa shape index (κ1) is 23.5. The molecule has 3 rings (SSSR count). The molecule has 0 aromatic heterocycles. The summed E-state index contributed by atoms with van der Waals surface area (Å²) >= 11 is 1.31. The van der Waals surface area contributed by atoms with Crippen LogP contribution in [0.15, 0.2) is 77.7 Å². The summed E-state index contributed by atoms with van der Waals surface area (Å²) < 4.78 is 0. The van der Waals surface area contributed by atoms with Gasteiger partial charge in [0.15, 0.2) is 0 Å². The largest absolute Gasteiger partial charge is 0.366 e. The van der Waals surface area contributed by atoms with Gasteiger partial charge in [0.1, 0.15) is 0 Å². The average Bonchev–Trinajstić information content (AvgIpc) is 2.79. The number of carbonyl (C=O) groups excluding carboxylic acids is 3. The first-order valence-electron chi connectivity index (χ1n) is 9.76. The lowest BCUT2D eigenvalue weighted by Gasteiger charge is -2.13. The topological polar surface area (TPSA) is 144 Å². The van der Waals surface area contributed by atoms with E-state index in [1.165, 1.54) is 48.2 Å². The molecule has 0 aliphatic carbocycles. The number of benzene rings is 3. The van der Waals surface area contributed by atoms with Gasteiger partial charge in [0.05, 0.1) is 10.2 Å². The Bertz CT molecular complexity index is 1200. The molecule has 3 amide bonds. The predicted octanol–water partition coefficient (Wildman–Crippen LogP) is 4.07. The fourth-order valence-corrected chi connectivity index (χ4v) is 3.73. The lowest BCUT2D eigenvalue weighted by atomic mass is 10.2. The van der Waals surface area contributed by atoms with Crippen LogP contribution in [0.1, 0.15) is 27.6 Å². The van der Waals surface area contributed by atoms with E-state index in [0.717, 1.165) is 4.90 Å². The van der Waals surface area contributed by atoms with E-state index in [1.807, 2.05) is 6.07 Å². The third-order valence-electron chi connectivity index (χ3n) is 4.55. The van der Waals surface area contributed by atoms with E-state index < -0.39 is 22.0 Å². The molecule has 1 unspecified atom stereocenters. The van der Waals surface area contributed by atoms with Crippen molar-refractivity contribution in [2.24, 2.45) is 5.73 Å². The number of rotatable bonds is 8. The maximum atomic E-state index is 12.5. The molecule has 0 aliphatic rings. The van der Waals surface area contributed by atoms with Crippen molar-refractivity contribution in [2.45, 2.75) is 17.1 Å². The van der Waals surface area contributed by atoms with Gasteiger partial charge in [-0.05, 0) is 61.5 Å². The van der Waals surface area contributed by atoms with Crippen LogP contribution in [0.3, 0.4) is 0 Å². The van der Waals surface area contributed by atoms with Crippen molar-refractivity contribution in [3.8, 4) is 0 Å². The van der Waals surface area contributed by atoms with Crippen molar-refractivity contribution in [3.05, 3.63) is 94.0 Å². The standard InChI is InChI=1S/C23H20N4O5S/c1-14(22(29)25-17-9-5-15(6-10-17)21(24)28)33-20-4-2-3-18(13-20)26-23(30)16-7-11-19(12-8-16)27(31)32/h2-14H,1H3,(H2,24,28)(H,25,29)(H,26,30). The van der Waals surface area contributed by atoms with E-state index in [2.05, 4.69) is 10.6 Å². The molecule has 0 bridgehead atoms. The number of hydrogen-bond acceptors (Lipinski definition) is 6. The molecule has 0 radical (unpaired) electrons. The van der Waals surface area contributed by atoms with E-state index >= 15 is 0 Å². The highest BCUT2D eigenvalue weighted by Crippen LogP contribution is 2.27. The van der Waals surface area contributed by atoms with Crippen molar-refractivity contribution >= 4 is 46.5 Å². The minimum absolute atomic E-state index is 0.0963. The Balaban J connectivity index is 1.60. The highest BCUT2D eigenvalue weighted by molar-refractivity contribution is 8.00. The minimum Gasteiger partial charge on any atom is -0.366 e. The van der Waals surface area contributed by atoms with E-state index in [1.54, 1.807) is 37.3 Å². The van der Waals surface area contributed by atoms with Crippen molar-refractivity contribution in [2.75, 3.05) is 10.6 Å². The van der Waals surface area contributed by atoms with Gasteiger partial charge in [-0.15, -0.1) is 11.8 Å². The van der Waals surface area contributed by atoms with Crippen molar-refractivity contribution in [1.29, 1.82) is 0 Å². The molecule has 0 heterocycles. The third kappa shape index (κ3) is 6.40. The van der Waals surface area contributed by atoms with Crippen LogP contribution in [0.5, 0.6) is 0 Å². The normalized spacial score (nSPS) is 11.3. The monoisotopic (exact) mass is 464 g/mol. The lowest BCUT2D eigenvalue weighted by Crippen LogP contribution is -2.22. The highest BCUT2D eigenvalue weighted by Gasteiger charge is 2.16. The Morgan fingerprint density at radius 3 is 2.15 bits per heavy atom. The number of anilines is 2. The molecule has 4 N–H and O–H groups in total. The molecule has 0 fully saturated rings. The maximum absolute atomic E-state index is 12.5. The molecule has 0 aliphatic heterocycles. The number of hydrogen-bond donors (Lipinski definition) is 3. The van der Waals surface area contributed by atoms with Crippen LogP contribution in [-0.4, -0.2) is 27.9 Å². The van der Waals surface area contributed by atoms with Crippen LogP contribution in [0.2, 0.25) is 0 Å². The van der Waals surface area contributed by atoms with Crippen LogP contribution in [0.25, 0.3) is 0 Å². The van der Waals surface area contributed by atoms with Crippen LogP contribution in [-0.2, 0) is 4.79 Å². The number of non-ortho nitro benzene ring substituents is 1.